The summed E-state index contributed by atoms with van der Waals surface area (Å²) in [5.74, 6) is 4.03. The summed E-state index contributed by atoms with van der Waals surface area (Å²) in [5.41, 5.74) is 11.4. The number of rotatable bonds is 5. The number of nitrogens with zero attached hydrogens (tertiary/aromatic N) is 9. The van der Waals surface area contributed by atoms with Crippen molar-refractivity contribution in [1.29, 1.82) is 5.26 Å². The molecule has 0 spiro atoms. The summed E-state index contributed by atoms with van der Waals surface area (Å²) >= 11 is 0. The van der Waals surface area contributed by atoms with E-state index >= 15 is 0 Å². The Kier molecular flexibility index (Phi) is 7.76. The molecule has 0 aliphatic rings. The first-order valence-electron chi connectivity index (χ1n) is 18.9. The van der Waals surface area contributed by atoms with Crippen LogP contribution in [0.3, 0.4) is 0 Å². The molecule has 9 heteroatoms. The van der Waals surface area contributed by atoms with Crippen LogP contribution in [-0.4, -0.2) is 39.0 Å². The number of fused-ring (bicyclic) bond motifs is 6. The highest BCUT2D eigenvalue weighted by Crippen LogP contribution is 2.43. The molecule has 4 aromatic heterocycles. The smallest absolute Gasteiger partial charge is 0.163 e. The molecule has 272 valence electrons. The summed E-state index contributed by atoms with van der Waals surface area (Å²) in [6.07, 6.45) is 0. The first-order chi connectivity index (χ1) is 27.7. The van der Waals surface area contributed by atoms with E-state index in [0.717, 1.165) is 82.8 Å². The maximum absolute atomic E-state index is 10.8. The lowest BCUT2D eigenvalue weighted by atomic mass is 9.96. The lowest BCUT2D eigenvalue weighted by molar-refractivity contribution is 0.928. The second-order valence-electron chi connectivity index (χ2n) is 14.5. The van der Waals surface area contributed by atoms with E-state index in [-0.39, 0.29) is 0 Å². The van der Waals surface area contributed by atoms with E-state index in [1.165, 1.54) is 0 Å². The maximum Gasteiger partial charge on any atom is 0.163 e. The zero-order chi connectivity index (χ0) is 38.9. The van der Waals surface area contributed by atoms with Gasteiger partial charge in [-0.1, -0.05) is 60.2 Å². The minimum atomic E-state index is 0.574. The molecule has 6 aromatic carbocycles. The van der Waals surface area contributed by atoms with Gasteiger partial charge < -0.3 is 9.13 Å². The van der Waals surface area contributed by atoms with Crippen LogP contribution in [-0.2, 0) is 0 Å². The van der Waals surface area contributed by atoms with Crippen molar-refractivity contribution in [3.05, 3.63) is 156 Å². The van der Waals surface area contributed by atoms with Crippen LogP contribution in [0, 0.1) is 45.9 Å². The van der Waals surface area contributed by atoms with Crippen molar-refractivity contribution in [3.8, 4) is 51.3 Å². The Hall–Kier alpha value is -7.57. The highest BCUT2D eigenvalue weighted by molar-refractivity contribution is 6.12. The summed E-state index contributed by atoms with van der Waals surface area (Å²) in [7, 11) is 0. The van der Waals surface area contributed by atoms with Gasteiger partial charge in [0.15, 0.2) is 11.6 Å². The maximum atomic E-state index is 10.8. The average Bonchev–Trinajstić information content (AvgIpc) is 3.72. The van der Waals surface area contributed by atoms with Gasteiger partial charge in [0, 0.05) is 43.8 Å². The van der Waals surface area contributed by atoms with E-state index in [2.05, 4.69) is 161 Å². The molecule has 0 saturated carbocycles. The number of para-hydroxylation sites is 3. The molecule has 0 saturated heterocycles. The summed E-state index contributed by atoms with van der Waals surface area (Å²) in [4.78, 5) is 27.5. The van der Waals surface area contributed by atoms with Gasteiger partial charge in [0.1, 0.15) is 29.4 Å². The molecule has 0 radical (unpaired) electrons. The van der Waals surface area contributed by atoms with Crippen molar-refractivity contribution in [3.63, 3.8) is 0 Å². The SMILES string of the molecule is Cc1ccc(-n2c3ccccc3c3cc(-c4nc(C)nc(C)n4)ccc32)c(-c2cccc(C#N)c2-n2c3ccccc3c3cc(-c4nc(C)nc(C)n4)ccc32)c1. The first-order valence-corrected chi connectivity index (χ1v) is 18.9. The Morgan fingerprint density at radius 2 is 0.947 bits per heavy atom. The standard InChI is InChI=1S/C48H35N9/c1-27-17-20-43(56-41-15-8-6-12-35(41)39-24-32(18-21-44(39)56)47-52-28(2)50-29(3)53-47)38(23-27)37-14-10-11-34(26-49)46(37)57-42-16-9-7-13-36(42)40-25-33(19-22-45(40)57)48-54-30(4)51-31(5)55-48/h6-25H,1-5H3. The monoisotopic (exact) mass is 737 g/mol. The van der Waals surface area contributed by atoms with Gasteiger partial charge >= 0.3 is 0 Å². The third-order valence-corrected chi connectivity index (χ3v) is 10.6. The minimum Gasteiger partial charge on any atom is -0.309 e. The topological polar surface area (TPSA) is 111 Å². The quantitative estimate of drug-likeness (QED) is 0.173. The van der Waals surface area contributed by atoms with E-state index in [9.17, 15) is 5.26 Å². The number of hydrogen-bond acceptors (Lipinski definition) is 7. The summed E-state index contributed by atoms with van der Waals surface area (Å²) in [6, 6.07) is 44.8. The molecule has 0 N–H and O–H groups in total. The van der Waals surface area contributed by atoms with Gasteiger partial charge in [-0.25, -0.2) is 29.9 Å². The molecule has 0 bridgehead atoms. The normalized spacial score (nSPS) is 11.6. The first kappa shape index (κ1) is 34.0. The zero-order valence-electron chi connectivity index (χ0n) is 32.1. The third-order valence-electron chi connectivity index (χ3n) is 10.6. The fourth-order valence-electron chi connectivity index (χ4n) is 8.37. The van der Waals surface area contributed by atoms with E-state index in [4.69, 9.17) is 0 Å². The highest BCUT2D eigenvalue weighted by Gasteiger charge is 2.23. The molecular weight excluding hydrogens is 703 g/mol. The molecule has 9 nitrogen and oxygen atoms in total. The van der Waals surface area contributed by atoms with Gasteiger partial charge in [0.25, 0.3) is 0 Å². The summed E-state index contributed by atoms with van der Waals surface area (Å²) < 4.78 is 4.59. The van der Waals surface area contributed by atoms with Crippen molar-refractivity contribution in [2.45, 2.75) is 34.6 Å². The molecule has 0 atom stereocenters. The van der Waals surface area contributed by atoms with Crippen LogP contribution >= 0.6 is 0 Å². The molecular formula is C48H35N9. The van der Waals surface area contributed by atoms with Crippen LogP contribution in [0.25, 0.3) is 88.9 Å². The molecule has 0 unspecified atom stereocenters. The van der Waals surface area contributed by atoms with Gasteiger partial charge in [0.05, 0.1) is 39.0 Å². The Morgan fingerprint density at radius 3 is 1.51 bits per heavy atom. The van der Waals surface area contributed by atoms with Gasteiger partial charge in [-0.2, -0.15) is 5.26 Å². The van der Waals surface area contributed by atoms with Crippen molar-refractivity contribution in [2.75, 3.05) is 0 Å². The Morgan fingerprint density at radius 1 is 0.439 bits per heavy atom. The van der Waals surface area contributed by atoms with Crippen molar-refractivity contribution >= 4 is 43.6 Å². The predicted molar refractivity (Wildman–Crippen MR) is 227 cm³/mol. The van der Waals surface area contributed by atoms with Gasteiger partial charge in [0.2, 0.25) is 0 Å². The van der Waals surface area contributed by atoms with Crippen LogP contribution < -0.4 is 0 Å². The molecule has 0 aliphatic carbocycles. The number of nitriles is 1. The van der Waals surface area contributed by atoms with Crippen molar-refractivity contribution < 1.29 is 0 Å². The van der Waals surface area contributed by atoms with E-state index in [0.29, 0.717) is 40.5 Å². The van der Waals surface area contributed by atoms with Crippen molar-refractivity contribution in [1.82, 2.24) is 39.0 Å². The number of aromatic nitrogens is 8. The lowest BCUT2D eigenvalue weighted by Gasteiger charge is -2.20. The second-order valence-corrected chi connectivity index (χ2v) is 14.5. The van der Waals surface area contributed by atoms with Crippen LogP contribution in [0.15, 0.2) is 121 Å². The fourth-order valence-corrected chi connectivity index (χ4v) is 8.37. The van der Waals surface area contributed by atoms with Crippen LogP contribution in [0.5, 0.6) is 0 Å². The Labute approximate surface area is 328 Å². The molecule has 4 heterocycles. The molecule has 0 amide bonds. The molecule has 0 fully saturated rings. The van der Waals surface area contributed by atoms with Crippen molar-refractivity contribution in [2.24, 2.45) is 0 Å². The van der Waals surface area contributed by atoms with Crippen LogP contribution in [0.4, 0.5) is 0 Å². The average molecular weight is 738 g/mol. The summed E-state index contributed by atoms with van der Waals surface area (Å²) in [6.45, 7) is 9.68. The molecule has 10 aromatic rings. The molecule has 57 heavy (non-hydrogen) atoms. The number of hydrogen-bond donors (Lipinski definition) is 0. The van der Waals surface area contributed by atoms with Gasteiger partial charge in [-0.15, -0.1) is 0 Å². The fraction of sp³-hybridized carbons (Fsp3) is 0.104. The Balaban J connectivity index is 1.24. The molecule has 0 aliphatic heterocycles. The van der Waals surface area contributed by atoms with E-state index < -0.39 is 0 Å². The lowest BCUT2D eigenvalue weighted by Crippen LogP contribution is -2.04. The number of benzene rings is 6. The van der Waals surface area contributed by atoms with Gasteiger partial charge in [-0.3, -0.25) is 0 Å². The van der Waals surface area contributed by atoms with E-state index in [1.54, 1.807) is 0 Å². The van der Waals surface area contributed by atoms with Crippen LogP contribution in [0.2, 0.25) is 0 Å². The largest absolute Gasteiger partial charge is 0.309 e. The highest BCUT2D eigenvalue weighted by atomic mass is 15.0. The summed E-state index contributed by atoms with van der Waals surface area (Å²) in [5, 5.41) is 15.2. The predicted octanol–water partition coefficient (Wildman–Crippen LogP) is 10.7. The third kappa shape index (κ3) is 5.53. The minimum absolute atomic E-state index is 0.574. The number of aryl methyl sites for hydroxylation is 5. The van der Waals surface area contributed by atoms with E-state index in [1.807, 2.05) is 39.8 Å². The zero-order valence-corrected chi connectivity index (χ0v) is 32.1. The Bertz CT molecular complexity index is 3290. The molecule has 10 rings (SSSR count). The second kappa shape index (κ2) is 13.0. The van der Waals surface area contributed by atoms with Crippen LogP contribution in [0.1, 0.15) is 34.4 Å². The van der Waals surface area contributed by atoms with Gasteiger partial charge in [-0.05, 0) is 101 Å².